The summed E-state index contributed by atoms with van der Waals surface area (Å²) in [7, 11) is 0. The molecule has 1 aliphatic rings. The molecule has 0 radical (unpaired) electrons. The molecule has 0 amide bonds. The first-order valence-electron chi connectivity index (χ1n) is 9.10. The standard InChI is InChI=1S/C19H13N7O6.ClH/c27-24(28)16-3-1-13(2-4-16)19-20-22(14-5-9-17(10-6-14)25(29)30)23(21-19)15-7-11-18(12-8-15)26(31)32;/h1-12H,(H,20,21);1H. The van der Waals surface area contributed by atoms with Crippen LogP contribution in [0, 0.1) is 30.3 Å². The molecule has 13 nitrogen and oxygen atoms in total. The molecule has 0 spiro atoms. The molecule has 0 saturated carbocycles. The van der Waals surface area contributed by atoms with Gasteiger partial charge in [0.25, 0.3) is 22.9 Å². The van der Waals surface area contributed by atoms with Gasteiger partial charge in [0.2, 0.25) is 0 Å². The minimum Gasteiger partial charge on any atom is -1.00 e. The molecule has 3 aromatic carbocycles. The van der Waals surface area contributed by atoms with Gasteiger partial charge in [0.15, 0.2) is 0 Å². The van der Waals surface area contributed by atoms with E-state index in [0.717, 1.165) is 0 Å². The van der Waals surface area contributed by atoms with Gasteiger partial charge in [-0.15, -0.1) is 10.2 Å². The fourth-order valence-electron chi connectivity index (χ4n) is 3.03. The van der Waals surface area contributed by atoms with Gasteiger partial charge < -0.3 is 12.4 Å². The maximum absolute atomic E-state index is 11.0. The number of rotatable bonds is 6. The van der Waals surface area contributed by atoms with Crippen molar-refractivity contribution in [2.75, 3.05) is 10.2 Å². The van der Waals surface area contributed by atoms with Crippen LogP contribution < -0.4 is 28.1 Å². The molecule has 0 aromatic heterocycles. The van der Waals surface area contributed by atoms with E-state index < -0.39 is 14.8 Å². The lowest BCUT2D eigenvalue weighted by Gasteiger charge is -2.23. The number of amidine groups is 1. The molecule has 0 saturated heterocycles. The quantitative estimate of drug-likeness (QED) is 0.285. The van der Waals surface area contributed by atoms with E-state index in [1.165, 1.54) is 53.6 Å². The van der Waals surface area contributed by atoms with E-state index in [-0.39, 0.29) is 29.5 Å². The first-order chi connectivity index (χ1) is 15.3. The fraction of sp³-hybridized carbons (Fsp3) is 0. The van der Waals surface area contributed by atoms with E-state index in [0.29, 0.717) is 22.8 Å². The summed E-state index contributed by atoms with van der Waals surface area (Å²) in [6.07, 6.45) is 0. The Bertz CT molecular complexity index is 1230. The zero-order valence-corrected chi connectivity index (χ0v) is 17.3. The third-order valence-electron chi connectivity index (χ3n) is 4.64. The van der Waals surface area contributed by atoms with Crippen LogP contribution in [0.25, 0.3) is 0 Å². The molecular weight excluding hydrogens is 458 g/mol. The summed E-state index contributed by atoms with van der Waals surface area (Å²) in [5, 5.41) is 40.5. The number of quaternary nitrogens is 1. The number of hydrogen-bond acceptors (Lipinski definition) is 9. The van der Waals surface area contributed by atoms with E-state index in [1.807, 2.05) is 0 Å². The second-order valence-electron chi connectivity index (χ2n) is 6.60. The minimum absolute atomic E-state index is 0. The van der Waals surface area contributed by atoms with Gasteiger partial charge in [0.1, 0.15) is 5.69 Å². The fourth-order valence-corrected chi connectivity index (χ4v) is 3.03. The van der Waals surface area contributed by atoms with Gasteiger partial charge in [0.05, 0.1) is 26.0 Å². The topological polar surface area (TPSA) is 165 Å². The number of hydrazine groups is 1. The third kappa shape index (κ3) is 4.68. The number of hydrogen-bond donors (Lipinski definition) is 1. The average Bonchev–Trinajstić information content (AvgIpc) is 3.24. The monoisotopic (exact) mass is 471 g/mol. The zero-order chi connectivity index (χ0) is 22.8. The summed E-state index contributed by atoms with van der Waals surface area (Å²) in [5.41, 5.74) is 3.09. The highest BCUT2D eigenvalue weighted by molar-refractivity contribution is 5.94. The van der Waals surface area contributed by atoms with Gasteiger partial charge >= 0.3 is 0 Å². The second kappa shape index (κ2) is 9.25. The third-order valence-corrected chi connectivity index (χ3v) is 4.64. The van der Waals surface area contributed by atoms with Crippen molar-refractivity contribution in [1.29, 1.82) is 0 Å². The highest BCUT2D eigenvalue weighted by atomic mass is 35.5. The van der Waals surface area contributed by atoms with Crippen LogP contribution in [0.4, 0.5) is 28.4 Å². The smallest absolute Gasteiger partial charge is 0.277 e. The van der Waals surface area contributed by atoms with Gasteiger partial charge in [-0.2, -0.15) is 5.43 Å². The Morgan fingerprint density at radius 2 is 1.03 bits per heavy atom. The molecule has 0 unspecified atom stereocenters. The Morgan fingerprint density at radius 3 is 1.45 bits per heavy atom. The molecule has 0 fully saturated rings. The molecule has 14 heteroatoms. The number of nitro benzene ring substituents is 3. The average molecular weight is 472 g/mol. The van der Waals surface area contributed by atoms with Gasteiger partial charge in [0, 0.05) is 36.4 Å². The summed E-state index contributed by atoms with van der Waals surface area (Å²) in [6.45, 7) is 0. The number of benzene rings is 3. The van der Waals surface area contributed by atoms with Crippen LogP contribution in [0.2, 0.25) is 0 Å². The Kier molecular flexibility index (Phi) is 6.46. The predicted molar refractivity (Wildman–Crippen MR) is 113 cm³/mol. The largest absolute Gasteiger partial charge is 1.00 e. The normalized spacial score (nSPS) is 12.7. The Morgan fingerprint density at radius 1 is 0.636 bits per heavy atom. The molecule has 2 N–H and O–H groups in total. The van der Waals surface area contributed by atoms with Crippen LogP contribution >= 0.6 is 0 Å². The SMILES string of the molecule is O=[N+]([O-])c1ccc(C2=NN(c3ccc([N+](=O)[O-])cc3)N(c3ccc([N+](=O)[O-])cc3)[NH2+]2)cc1.[Cl-]. The first-order valence-corrected chi connectivity index (χ1v) is 9.10. The van der Waals surface area contributed by atoms with Gasteiger partial charge in [-0.1, -0.05) is 5.10 Å². The molecule has 0 atom stereocenters. The molecule has 4 rings (SSSR count). The number of non-ortho nitro benzene ring substituents is 3. The van der Waals surface area contributed by atoms with E-state index in [1.54, 1.807) is 34.8 Å². The van der Waals surface area contributed by atoms with Crippen LogP contribution in [0.5, 0.6) is 0 Å². The number of hydrazone groups is 1. The molecule has 3 aromatic rings. The lowest BCUT2D eigenvalue weighted by molar-refractivity contribution is -0.545. The number of nitrogens with zero attached hydrogens (tertiary/aromatic N) is 6. The van der Waals surface area contributed by atoms with Crippen molar-refractivity contribution in [1.82, 2.24) is 0 Å². The van der Waals surface area contributed by atoms with Crippen molar-refractivity contribution in [3.05, 3.63) is 109 Å². The van der Waals surface area contributed by atoms with Gasteiger partial charge in [-0.3, -0.25) is 30.3 Å². The Hall–Kier alpha value is -4.62. The van der Waals surface area contributed by atoms with Gasteiger partial charge in [-0.05, 0) is 36.4 Å². The number of nitro groups is 3. The number of halogens is 1. The van der Waals surface area contributed by atoms with Crippen molar-refractivity contribution in [3.63, 3.8) is 0 Å². The second-order valence-corrected chi connectivity index (χ2v) is 6.60. The maximum atomic E-state index is 11.0. The van der Waals surface area contributed by atoms with Crippen molar-refractivity contribution < 1.29 is 32.6 Å². The molecule has 168 valence electrons. The van der Waals surface area contributed by atoms with Crippen LogP contribution in [0.3, 0.4) is 0 Å². The highest BCUT2D eigenvalue weighted by Gasteiger charge is 2.32. The molecule has 1 aliphatic heterocycles. The molecule has 33 heavy (non-hydrogen) atoms. The Balaban J connectivity index is 0.00000306. The van der Waals surface area contributed by atoms with Gasteiger partial charge in [-0.25, -0.2) is 0 Å². The summed E-state index contributed by atoms with van der Waals surface area (Å²) in [5.74, 6) is 0.469. The summed E-state index contributed by atoms with van der Waals surface area (Å²) >= 11 is 0. The first kappa shape index (κ1) is 23.1. The number of anilines is 2. The van der Waals surface area contributed by atoms with E-state index >= 15 is 0 Å². The van der Waals surface area contributed by atoms with E-state index in [4.69, 9.17) is 0 Å². The number of nitrogens with two attached hydrogens (primary N) is 1. The lowest BCUT2D eigenvalue weighted by Crippen LogP contribution is -3.00. The van der Waals surface area contributed by atoms with Crippen molar-refractivity contribution in [3.8, 4) is 0 Å². The van der Waals surface area contributed by atoms with Crippen LogP contribution in [-0.2, 0) is 0 Å². The molecule has 1 heterocycles. The van der Waals surface area contributed by atoms with Crippen LogP contribution in [0.1, 0.15) is 5.56 Å². The predicted octanol–water partition coefficient (Wildman–Crippen LogP) is -0.503. The zero-order valence-electron chi connectivity index (χ0n) is 16.5. The maximum Gasteiger partial charge on any atom is 0.277 e. The van der Waals surface area contributed by atoms with Crippen molar-refractivity contribution in [2.45, 2.75) is 0 Å². The van der Waals surface area contributed by atoms with Crippen LogP contribution in [0.15, 0.2) is 77.9 Å². The Labute approximate surface area is 191 Å². The van der Waals surface area contributed by atoms with Crippen LogP contribution in [-0.4, -0.2) is 20.6 Å². The summed E-state index contributed by atoms with van der Waals surface area (Å²) in [4.78, 5) is 31.3. The summed E-state index contributed by atoms with van der Waals surface area (Å²) in [6, 6.07) is 17.3. The van der Waals surface area contributed by atoms with E-state index in [2.05, 4.69) is 5.10 Å². The van der Waals surface area contributed by atoms with Crippen molar-refractivity contribution >= 4 is 34.3 Å². The van der Waals surface area contributed by atoms with E-state index in [9.17, 15) is 30.3 Å². The molecule has 0 aliphatic carbocycles. The summed E-state index contributed by atoms with van der Waals surface area (Å²) < 4.78 is 0. The molecular formula is C19H14ClN7O6. The minimum atomic E-state index is -0.514. The highest BCUT2D eigenvalue weighted by Crippen LogP contribution is 2.26. The lowest BCUT2D eigenvalue weighted by atomic mass is 10.2. The van der Waals surface area contributed by atoms with Crippen molar-refractivity contribution in [2.24, 2.45) is 5.10 Å². The molecule has 0 bridgehead atoms.